The standard InChI is InChI=1S/C29H28N2O5S2/c1-3-20(2)22-9-12-25(13-10-22)35-15-16-36-26-14-11-24(31(33)34)17-23(26)18-27-28(32)30(29(37)38-27)19-21-7-5-4-6-8-21/h4-14,17-18,20H,3,15-16,19H2,1-2H3/b27-18-/t20-/m0/s1. The summed E-state index contributed by atoms with van der Waals surface area (Å²) in [5.41, 5.74) is 2.55. The van der Waals surface area contributed by atoms with E-state index in [9.17, 15) is 14.9 Å². The Labute approximate surface area is 231 Å². The lowest BCUT2D eigenvalue weighted by Gasteiger charge is -2.14. The predicted octanol–water partition coefficient (Wildman–Crippen LogP) is 6.97. The maximum Gasteiger partial charge on any atom is 0.270 e. The van der Waals surface area contributed by atoms with Crippen molar-refractivity contribution in [1.82, 2.24) is 4.90 Å². The third kappa shape index (κ3) is 6.79. The second-order valence-electron chi connectivity index (χ2n) is 8.81. The fourth-order valence-electron chi connectivity index (χ4n) is 3.88. The van der Waals surface area contributed by atoms with Gasteiger partial charge in [-0.15, -0.1) is 0 Å². The molecule has 0 saturated carbocycles. The van der Waals surface area contributed by atoms with E-state index in [2.05, 4.69) is 26.0 Å². The summed E-state index contributed by atoms with van der Waals surface area (Å²) in [5, 5.41) is 11.4. The van der Waals surface area contributed by atoms with E-state index >= 15 is 0 Å². The summed E-state index contributed by atoms with van der Waals surface area (Å²) in [7, 11) is 0. The quantitative estimate of drug-likeness (QED) is 0.0841. The number of nitro groups is 1. The molecule has 4 rings (SSSR count). The number of carbonyl (C=O) groups excluding carboxylic acids is 1. The van der Waals surface area contributed by atoms with E-state index in [1.807, 2.05) is 42.5 Å². The lowest BCUT2D eigenvalue weighted by Crippen LogP contribution is -2.27. The van der Waals surface area contributed by atoms with Crippen LogP contribution in [0, 0.1) is 10.1 Å². The van der Waals surface area contributed by atoms with Crippen LogP contribution in [0.3, 0.4) is 0 Å². The summed E-state index contributed by atoms with van der Waals surface area (Å²) in [6.07, 6.45) is 2.67. The Kier molecular flexibility index (Phi) is 9.15. The molecule has 0 radical (unpaired) electrons. The first-order valence-electron chi connectivity index (χ1n) is 12.3. The lowest BCUT2D eigenvalue weighted by molar-refractivity contribution is -0.384. The maximum atomic E-state index is 13.1. The molecule has 7 nitrogen and oxygen atoms in total. The Hall–Kier alpha value is -3.69. The minimum atomic E-state index is -0.478. The molecular formula is C29H28N2O5S2. The second-order valence-corrected chi connectivity index (χ2v) is 10.5. The van der Waals surface area contributed by atoms with Gasteiger partial charge in [-0.1, -0.05) is 80.3 Å². The number of ether oxygens (including phenoxy) is 2. The molecule has 196 valence electrons. The Morgan fingerprint density at radius 1 is 1.05 bits per heavy atom. The van der Waals surface area contributed by atoms with Gasteiger partial charge in [0.15, 0.2) is 0 Å². The number of hydrogen-bond donors (Lipinski definition) is 0. The van der Waals surface area contributed by atoms with Crippen molar-refractivity contribution in [2.75, 3.05) is 13.2 Å². The smallest absolute Gasteiger partial charge is 0.270 e. The third-order valence-corrected chi connectivity index (χ3v) is 7.60. The highest BCUT2D eigenvalue weighted by molar-refractivity contribution is 8.26. The largest absolute Gasteiger partial charge is 0.490 e. The van der Waals surface area contributed by atoms with Crippen LogP contribution in [0.2, 0.25) is 0 Å². The molecule has 1 aliphatic rings. The van der Waals surface area contributed by atoms with Gasteiger partial charge in [0.2, 0.25) is 0 Å². The minimum Gasteiger partial charge on any atom is -0.490 e. The first-order valence-corrected chi connectivity index (χ1v) is 13.5. The van der Waals surface area contributed by atoms with E-state index in [4.69, 9.17) is 21.7 Å². The van der Waals surface area contributed by atoms with Crippen molar-refractivity contribution in [2.45, 2.75) is 32.7 Å². The number of thioether (sulfide) groups is 1. The number of hydrogen-bond acceptors (Lipinski definition) is 7. The summed E-state index contributed by atoms with van der Waals surface area (Å²) < 4.78 is 12.1. The van der Waals surface area contributed by atoms with E-state index in [-0.39, 0.29) is 24.8 Å². The van der Waals surface area contributed by atoms with Gasteiger partial charge in [-0.3, -0.25) is 19.8 Å². The van der Waals surface area contributed by atoms with Crippen molar-refractivity contribution < 1.29 is 19.2 Å². The summed E-state index contributed by atoms with van der Waals surface area (Å²) in [6.45, 7) is 5.22. The van der Waals surface area contributed by atoms with Crippen LogP contribution in [0.25, 0.3) is 6.08 Å². The van der Waals surface area contributed by atoms with E-state index in [1.54, 1.807) is 6.08 Å². The zero-order valence-corrected chi connectivity index (χ0v) is 22.8. The molecule has 1 fully saturated rings. The van der Waals surface area contributed by atoms with Crippen molar-refractivity contribution in [3.8, 4) is 11.5 Å². The molecule has 0 aliphatic carbocycles. The van der Waals surface area contributed by atoms with Gasteiger partial charge in [0.1, 0.15) is 29.0 Å². The van der Waals surface area contributed by atoms with Gasteiger partial charge in [-0.25, -0.2) is 0 Å². The molecule has 0 spiro atoms. The molecule has 3 aromatic carbocycles. The molecule has 0 aromatic heterocycles. The molecule has 38 heavy (non-hydrogen) atoms. The fraction of sp³-hybridized carbons (Fsp3) is 0.241. The number of thiocarbonyl (C=S) groups is 1. The Bertz CT molecular complexity index is 1340. The van der Waals surface area contributed by atoms with Gasteiger partial charge in [0.25, 0.3) is 11.6 Å². The summed E-state index contributed by atoms with van der Waals surface area (Å²) in [5.74, 6) is 1.41. The van der Waals surface area contributed by atoms with E-state index in [1.165, 1.54) is 40.4 Å². The normalized spacial score (nSPS) is 15.1. The van der Waals surface area contributed by atoms with Crippen molar-refractivity contribution in [3.63, 3.8) is 0 Å². The molecule has 0 bridgehead atoms. The molecule has 1 aliphatic heterocycles. The lowest BCUT2D eigenvalue weighted by atomic mass is 9.99. The number of rotatable bonds is 11. The number of amides is 1. The van der Waals surface area contributed by atoms with Gasteiger partial charge in [-0.05, 0) is 47.7 Å². The van der Waals surface area contributed by atoms with Gasteiger partial charge in [0.05, 0.1) is 16.4 Å². The van der Waals surface area contributed by atoms with Crippen LogP contribution in [0.5, 0.6) is 11.5 Å². The SMILES string of the molecule is CC[C@H](C)c1ccc(OCCOc2ccc([N+](=O)[O-])cc2/C=C2\SC(=S)N(Cc3ccccc3)C2=O)cc1. The van der Waals surface area contributed by atoms with Crippen LogP contribution >= 0.6 is 24.0 Å². The fourth-order valence-corrected chi connectivity index (χ4v) is 5.12. The number of nitro benzene ring substituents is 1. The first-order chi connectivity index (χ1) is 18.4. The molecule has 9 heteroatoms. The molecule has 3 aromatic rings. The molecule has 1 saturated heterocycles. The summed E-state index contributed by atoms with van der Waals surface area (Å²) in [6, 6.07) is 21.9. The van der Waals surface area contributed by atoms with E-state index in [0.717, 1.165) is 17.7 Å². The van der Waals surface area contributed by atoms with Gasteiger partial charge in [-0.2, -0.15) is 0 Å². The monoisotopic (exact) mass is 548 g/mol. The van der Waals surface area contributed by atoms with Crippen molar-refractivity contribution in [2.24, 2.45) is 0 Å². The molecule has 1 atom stereocenters. The number of non-ortho nitro benzene ring substituents is 1. The maximum absolute atomic E-state index is 13.1. The number of benzene rings is 3. The zero-order valence-electron chi connectivity index (χ0n) is 21.2. The van der Waals surface area contributed by atoms with Crippen molar-refractivity contribution in [3.05, 3.63) is 105 Å². The number of carbonyl (C=O) groups is 1. The average Bonchev–Trinajstić information content (AvgIpc) is 3.19. The molecular weight excluding hydrogens is 520 g/mol. The van der Waals surface area contributed by atoms with Crippen LogP contribution in [-0.2, 0) is 11.3 Å². The van der Waals surface area contributed by atoms with Crippen LogP contribution in [0.1, 0.15) is 42.9 Å². The van der Waals surface area contributed by atoms with E-state index < -0.39 is 4.92 Å². The van der Waals surface area contributed by atoms with Crippen LogP contribution in [0.15, 0.2) is 77.7 Å². The second kappa shape index (κ2) is 12.7. The van der Waals surface area contributed by atoms with Gasteiger partial charge in [0, 0.05) is 17.7 Å². The highest BCUT2D eigenvalue weighted by Crippen LogP contribution is 2.36. The van der Waals surface area contributed by atoms with Gasteiger partial charge < -0.3 is 9.47 Å². The molecule has 1 amide bonds. The molecule has 0 N–H and O–H groups in total. The van der Waals surface area contributed by atoms with Crippen LogP contribution in [0.4, 0.5) is 5.69 Å². The Morgan fingerprint density at radius 2 is 1.76 bits per heavy atom. The average molecular weight is 549 g/mol. The summed E-state index contributed by atoms with van der Waals surface area (Å²) in [4.78, 5) is 25.9. The van der Waals surface area contributed by atoms with Crippen LogP contribution in [-0.4, -0.2) is 33.3 Å². The first kappa shape index (κ1) is 27.3. The Morgan fingerprint density at radius 3 is 2.45 bits per heavy atom. The minimum absolute atomic E-state index is 0.0963. The third-order valence-electron chi connectivity index (χ3n) is 6.22. The van der Waals surface area contributed by atoms with Crippen LogP contribution < -0.4 is 9.47 Å². The van der Waals surface area contributed by atoms with Crippen molar-refractivity contribution >= 4 is 46.0 Å². The predicted molar refractivity (Wildman–Crippen MR) is 154 cm³/mol. The highest BCUT2D eigenvalue weighted by atomic mass is 32.2. The Balaban J connectivity index is 1.45. The molecule has 0 unspecified atom stereocenters. The van der Waals surface area contributed by atoms with Gasteiger partial charge >= 0.3 is 0 Å². The molecule has 1 heterocycles. The van der Waals surface area contributed by atoms with E-state index in [0.29, 0.717) is 33.0 Å². The number of nitrogens with zero attached hydrogens (tertiary/aromatic N) is 2. The topological polar surface area (TPSA) is 81.9 Å². The highest BCUT2D eigenvalue weighted by Gasteiger charge is 2.32. The summed E-state index contributed by atoms with van der Waals surface area (Å²) >= 11 is 6.61. The van der Waals surface area contributed by atoms with Crippen molar-refractivity contribution in [1.29, 1.82) is 0 Å². The zero-order chi connectivity index (χ0) is 27.1.